The van der Waals surface area contributed by atoms with Crippen molar-refractivity contribution in [3.05, 3.63) is 63.9 Å². The molecule has 7 nitrogen and oxygen atoms in total. The van der Waals surface area contributed by atoms with Crippen LogP contribution in [0.25, 0.3) is 16.6 Å². The topological polar surface area (TPSA) is 93.1 Å². The Morgan fingerprint density at radius 2 is 1.93 bits per heavy atom. The van der Waals surface area contributed by atoms with Crippen molar-refractivity contribution >= 4 is 46.2 Å². The van der Waals surface area contributed by atoms with E-state index in [-0.39, 0.29) is 5.56 Å². The average molecular weight is 417 g/mol. The van der Waals surface area contributed by atoms with E-state index in [1.807, 2.05) is 0 Å². The number of fused-ring (bicyclic) bond motifs is 1. The zero-order valence-electron chi connectivity index (χ0n) is 15.1. The van der Waals surface area contributed by atoms with Crippen LogP contribution in [0, 0.1) is 0 Å². The van der Waals surface area contributed by atoms with E-state index in [4.69, 9.17) is 11.6 Å². The lowest BCUT2D eigenvalue weighted by atomic mass is 10.2. The minimum absolute atomic E-state index is 0.269. The van der Waals surface area contributed by atoms with E-state index in [1.165, 1.54) is 11.6 Å². The molecule has 1 aromatic heterocycles. The predicted octanol–water partition coefficient (Wildman–Crippen LogP) is 2.98. The van der Waals surface area contributed by atoms with Gasteiger partial charge in [-0.15, -0.1) is 0 Å². The molecule has 3 aromatic rings. The molecule has 3 amide bonds. The van der Waals surface area contributed by atoms with E-state index in [0.29, 0.717) is 26.8 Å². The van der Waals surface area contributed by atoms with E-state index in [2.05, 4.69) is 15.6 Å². The molecule has 0 saturated heterocycles. The smallest absolute Gasteiger partial charge is 0.321 e. The van der Waals surface area contributed by atoms with Gasteiger partial charge in [0.1, 0.15) is 0 Å². The van der Waals surface area contributed by atoms with E-state index in [0.717, 1.165) is 11.8 Å². The third kappa shape index (κ3) is 4.18. The number of nitrogens with zero attached hydrogens (tertiary/aromatic N) is 2. The van der Waals surface area contributed by atoms with Gasteiger partial charge in [0, 0.05) is 12.1 Å². The van der Waals surface area contributed by atoms with Crippen LogP contribution in [0.15, 0.2) is 58.5 Å². The van der Waals surface area contributed by atoms with Crippen LogP contribution in [-0.2, 0) is 4.79 Å². The average Bonchev–Trinajstić information content (AvgIpc) is 2.68. The molecule has 28 heavy (non-hydrogen) atoms. The molecule has 0 aliphatic carbocycles. The van der Waals surface area contributed by atoms with Gasteiger partial charge in [-0.05, 0) is 37.3 Å². The first-order valence-corrected chi connectivity index (χ1v) is 9.63. The van der Waals surface area contributed by atoms with Crippen molar-refractivity contribution in [2.24, 2.45) is 0 Å². The molecule has 0 radical (unpaired) electrons. The number of thioether (sulfide) groups is 1. The van der Waals surface area contributed by atoms with Crippen LogP contribution in [0.3, 0.4) is 0 Å². The summed E-state index contributed by atoms with van der Waals surface area (Å²) < 4.78 is 1.42. The van der Waals surface area contributed by atoms with Gasteiger partial charge in [-0.2, -0.15) is 0 Å². The van der Waals surface area contributed by atoms with Crippen LogP contribution >= 0.6 is 23.4 Å². The number of para-hydroxylation sites is 1. The first-order chi connectivity index (χ1) is 13.4. The summed E-state index contributed by atoms with van der Waals surface area (Å²) >= 11 is 7.17. The van der Waals surface area contributed by atoms with E-state index in [9.17, 15) is 14.4 Å². The third-order valence-corrected chi connectivity index (χ3v) is 5.21. The number of hydrogen-bond donors (Lipinski definition) is 2. The molecule has 0 aliphatic rings. The molecular weight excluding hydrogens is 400 g/mol. The standard InChI is InChI=1S/C19H17ClN4O3S/c1-11(16(25)23-18(27)21-2)28-19-22-15-9-4-3-8-14(15)17(26)24(19)13-7-5-6-12(20)10-13/h3-11H,1-2H3,(H2,21,23,25,27). The van der Waals surface area contributed by atoms with Crippen molar-refractivity contribution in [2.75, 3.05) is 7.05 Å². The molecular formula is C19H17ClN4O3S. The second kappa shape index (κ2) is 8.45. The van der Waals surface area contributed by atoms with E-state index >= 15 is 0 Å². The van der Waals surface area contributed by atoms with E-state index in [1.54, 1.807) is 55.5 Å². The zero-order chi connectivity index (χ0) is 20.3. The van der Waals surface area contributed by atoms with Crippen molar-refractivity contribution in [1.29, 1.82) is 0 Å². The highest BCUT2D eigenvalue weighted by molar-refractivity contribution is 8.00. The van der Waals surface area contributed by atoms with Crippen LogP contribution in [-0.4, -0.2) is 33.8 Å². The summed E-state index contributed by atoms with van der Waals surface area (Å²) in [6.45, 7) is 1.63. The second-order valence-corrected chi connectivity index (χ2v) is 7.60. The highest BCUT2D eigenvalue weighted by atomic mass is 35.5. The Labute approximate surface area is 170 Å². The molecule has 2 N–H and O–H groups in total. The summed E-state index contributed by atoms with van der Waals surface area (Å²) in [5.74, 6) is -0.496. The number of amides is 3. The Morgan fingerprint density at radius 1 is 1.18 bits per heavy atom. The number of carbonyl (C=O) groups is 2. The SMILES string of the molecule is CNC(=O)NC(=O)C(C)Sc1nc2ccccc2c(=O)n1-c1cccc(Cl)c1. The van der Waals surface area contributed by atoms with E-state index < -0.39 is 17.2 Å². The summed E-state index contributed by atoms with van der Waals surface area (Å²) in [6, 6.07) is 13.2. The van der Waals surface area contributed by atoms with Gasteiger partial charge < -0.3 is 5.32 Å². The molecule has 1 atom stereocenters. The molecule has 0 spiro atoms. The lowest BCUT2D eigenvalue weighted by molar-refractivity contribution is -0.119. The maximum Gasteiger partial charge on any atom is 0.321 e. The van der Waals surface area contributed by atoms with Crippen molar-refractivity contribution in [3.8, 4) is 5.69 Å². The summed E-state index contributed by atoms with van der Waals surface area (Å²) in [4.78, 5) is 41.3. The zero-order valence-corrected chi connectivity index (χ0v) is 16.7. The third-order valence-electron chi connectivity index (χ3n) is 3.93. The molecule has 0 aliphatic heterocycles. The van der Waals surface area contributed by atoms with Gasteiger partial charge in [0.05, 0.1) is 21.8 Å². The number of rotatable bonds is 4. The number of urea groups is 1. The number of halogens is 1. The molecule has 1 heterocycles. The second-order valence-electron chi connectivity index (χ2n) is 5.86. The fourth-order valence-electron chi connectivity index (χ4n) is 2.52. The Balaban J connectivity index is 2.10. The maximum absolute atomic E-state index is 13.1. The monoisotopic (exact) mass is 416 g/mol. The maximum atomic E-state index is 13.1. The fourth-order valence-corrected chi connectivity index (χ4v) is 3.63. The Hall–Kier alpha value is -2.84. The molecule has 0 bridgehead atoms. The molecule has 9 heteroatoms. The van der Waals surface area contributed by atoms with Gasteiger partial charge in [-0.1, -0.05) is 41.6 Å². The van der Waals surface area contributed by atoms with Crippen molar-refractivity contribution < 1.29 is 9.59 Å². The fraction of sp³-hybridized carbons (Fsp3) is 0.158. The molecule has 1 unspecified atom stereocenters. The van der Waals surface area contributed by atoms with Gasteiger partial charge in [0.15, 0.2) is 5.16 Å². The normalized spacial score (nSPS) is 11.8. The Bertz CT molecular complexity index is 1120. The summed E-state index contributed by atoms with van der Waals surface area (Å²) in [5.41, 5.74) is 0.790. The summed E-state index contributed by atoms with van der Waals surface area (Å²) in [6.07, 6.45) is 0. The van der Waals surface area contributed by atoms with Gasteiger partial charge >= 0.3 is 6.03 Å². The number of imide groups is 1. The lowest BCUT2D eigenvalue weighted by Gasteiger charge is -2.16. The van der Waals surface area contributed by atoms with Crippen LogP contribution in [0.4, 0.5) is 4.79 Å². The Morgan fingerprint density at radius 3 is 2.64 bits per heavy atom. The van der Waals surface area contributed by atoms with Crippen LogP contribution in [0.1, 0.15) is 6.92 Å². The predicted molar refractivity (Wildman–Crippen MR) is 110 cm³/mol. The van der Waals surface area contributed by atoms with Gasteiger partial charge in [-0.25, -0.2) is 9.78 Å². The van der Waals surface area contributed by atoms with Crippen molar-refractivity contribution in [2.45, 2.75) is 17.3 Å². The van der Waals surface area contributed by atoms with Gasteiger partial charge in [-0.3, -0.25) is 19.5 Å². The van der Waals surface area contributed by atoms with Crippen molar-refractivity contribution in [1.82, 2.24) is 20.2 Å². The highest BCUT2D eigenvalue weighted by Gasteiger charge is 2.21. The molecule has 2 aromatic carbocycles. The first kappa shape index (κ1) is 19.9. The number of nitrogens with one attached hydrogen (secondary N) is 2. The first-order valence-electron chi connectivity index (χ1n) is 8.37. The quantitative estimate of drug-likeness (QED) is 0.503. The Kier molecular flexibility index (Phi) is 6.01. The molecule has 0 saturated carbocycles. The summed E-state index contributed by atoms with van der Waals surface area (Å²) in [5, 5.41) is 5.13. The number of carbonyl (C=O) groups excluding carboxylic acids is 2. The van der Waals surface area contributed by atoms with Crippen LogP contribution in [0.5, 0.6) is 0 Å². The lowest BCUT2D eigenvalue weighted by Crippen LogP contribution is -2.41. The van der Waals surface area contributed by atoms with Crippen LogP contribution < -0.4 is 16.2 Å². The minimum atomic E-state index is -0.671. The molecule has 0 fully saturated rings. The molecule has 3 rings (SSSR count). The molecule has 144 valence electrons. The number of aromatic nitrogens is 2. The number of benzene rings is 2. The van der Waals surface area contributed by atoms with Gasteiger partial charge in [0.25, 0.3) is 5.56 Å². The summed E-state index contributed by atoms with van der Waals surface area (Å²) in [7, 11) is 1.42. The highest BCUT2D eigenvalue weighted by Crippen LogP contribution is 2.26. The minimum Gasteiger partial charge on any atom is -0.341 e. The van der Waals surface area contributed by atoms with Crippen molar-refractivity contribution in [3.63, 3.8) is 0 Å². The van der Waals surface area contributed by atoms with Gasteiger partial charge in [0.2, 0.25) is 5.91 Å². The largest absolute Gasteiger partial charge is 0.341 e. The van der Waals surface area contributed by atoms with Crippen LogP contribution in [0.2, 0.25) is 5.02 Å². The number of hydrogen-bond acceptors (Lipinski definition) is 5.